The topological polar surface area (TPSA) is 0 Å². The summed E-state index contributed by atoms with van der Waals surface area (Å²) in [6, 6.07) is 11.6. The molecule has 0 amide bonds. The Kier molecular flexibility index (Phi) is 4.81. The van der Waals surface area contributed by atoms with E-state index in [-0.39, 0.29) is 0 Å². The minimum Gasteiger partial charge on any atom is -0.0622 e. The highest BCUT2D eigenvalue weighted by Gasteiger charge is 2.39. The van der Waals surface area contributed by atoms with Crippen LogP contribution in [0.25, 0.3) is 0 Å². The number of rotatable bonds is 2. The van der Waals surface area contributed by atoms with Gasteiger partial charge in [-0.3, -0.25) is 0 Å². The lowest BCUT2D eigenvalue weighted by Gasteiger charge is -2.45. The van der Waals surface area contributed by atoms with E-state index in [4.69, 9.17) is 0 Å². The summed E-state index contributed by atoms with van der Waals surface area (Å²) in [5.74, 6) is 0.955. The smallest absolute Gasteiger partial charge is 0.00188 e. The van der Waals surface area contributed by atoms with Crippen LogP contribution in [-0.4, -0.2) is 0 Å². The molecule has 2 aliphatic carbocycles. The second kappa shape index (κ2) is 6.78. The maximum absolute atomic E-state index is 2.43. The molecular formula is C20H30. The molecule has 0 unspecified atom stereocenters. The average molecular weight is 270 g/mol. The van der Waals surface area contributed by atoms with Crippen LogP contribution in [0.4, 0.5) is 0 Å². The largest absolute Gasteiger partial charge is 0.0622 e. The summed E-state index contributed by atoms with van der Waals surface area (Å²) in [6.45, 7) is 0. The van der Waals surface area contributed by atoms with E-state index in [0.717, 1.165) is 5.92 Å². The molecule has 0 heteroatoms. The zero-order chi connectivity index (χ0) is 13.7. The minimum atomic E-state index is 0.516. The van der Waals surface area contributed by atoms with Crippen LogP contribution < -0.4 is 0 Å². The first-order valence-corrected chi connectivity index (χ1v) is 8.97. The first-order valence-electron chi connectivity index (χ1n) is 8.97. The van der Waals surface area contributed by atoms with Gasteiger partial charge >= 0.3 is 0 Å². The van der Waals surface area contributed by atoms with E-state index in [9.17, 15) is 0 Å². The highest BCUT2D eigenvalue weighted by Crippen LogP contribution is 2.48. The Labute approximate surface area is 125 Å². The summed E-state index contributed by atoms with van der Waals surface area (Å²) in [5, 5.41) is 0. The first kappa shape index (κ1) is 14.2. The lowest BCUT2D eigenvalue weighted by atomic mass is 9.60. The third kappa shape index (κ3) is 2.95. The Balaban J connectivity index is 1.91. The van der Waals surface area contributed by atoms with Crippen molar-refractivity contribution in [3.63, 3.8) is 0 Å². The normalized spacial score (nSPS) is 24.8. The van der Waals surface area contributed by atoms with Gasteiger partial charge in [0.15, 0.2) is 0 Å². The van der Waals surface area contributed by atoms with Crippen molar-refractivity contribution in [1.29, 1.82) is 0 Å². The molecule has 0 radical (unpaired) electrons. The van der Waals surface area contributed by atoms with Crippen LogP contribution in [0.3, 0.4) is 0 Å². The van der Waals surface area contributed by atoms with Crippen molar-refractivity contribution < 1.29 is 0 Å². The van der Waals surface area contributed by atoms with E-state index in [0.29, 0.717) is 5.41 Å². The molecule has 0 spiro atoms. The van der Waals surface area contributed by atoms with Crippen LogP contribution in [0.15, 0.2) is 30.3 Å². The molecule has 2 aliphatic rings. The van der Waals surface area contributed by atoms with Crippen molar-refractivity contribution in [3.05, 3.63) is 35.9 Å². The second-order valence-electron chi connectivity index (χ2n) is 7.12. The monoisotopic (exact) mass is 270 g/mol. The Morgan fingerprint density at radius 1 is 0.650 bits per heavy atom. The van der Waals surface area contributed by atoms with Gasteiger partial charge in [-0.25, -0.2) is 0 Å². The van der Waals surface area contributed by atoms with Gasteiger partial charge in [0.2, 0.25) is 0 Å². The highest BCUT2D eigenvalue weighted by atomic mass is 14.4. The van der Waals surface area contributed by atoms with Gasteiger partial charge in [0, 0.05) is 0 Å². The molecule has 0 saturated heterocycles. The van der Waals surface area contributed by atoms with Crippen molar-refractivity contribution in [2.45, 2.75) is 82.5 Å². The Morgan fingerprint density at radius 3 is 1.85 bits per heavy atom. The number of benzene rings is 1. The molecule has 2 saturated carbocycles. The fourth-order valence-electron chi connectivity index (χ4n) is 4.89. The van der Waals surface area contributed by atoms with Gasteiger partial charge in [-0.15, -0.1) is 0 Å². The standard InChI is InChI=1S/C20H30/c1-2-10-16-20(17-11-3-1,18-12-6-4-7-13-18)19-14-8-5-9-15-19/h4,6-7,12-13,19H,1-3,5,8-11,14-17H2. The molecule has 2 fully saturated rings. The van der Waals surface area contributed by atoms with Gasteiger partial charge < -0.3 is 0 Å². The molecule has 3 rings (SSSR count). The summed E-state index contributed by atoms with van der Waals surface area (Å²) < 4.78 is 0. The highest BCUT2D eigenvalue weighted by molar-refractivity contribution is 5.27. The van der Waals surface area contributed by atoms with Crippen molar-refractivity contribution in [1.82, 2.24) is 0 Å². The van der Waals surface area contributed by atoms with Gasteiger partial charge in [0.05, 0.1) is 0 Å². The molecule has 0 N–H and O–H groups in total. The Bertz CT molecular complexity index is 378. The van der Waals surface area contributed by atoms with Crippen molar-refractivity contribution in [2.75, 3.05) is 0 Å². The zero-order valence-electron chi connectivity index (χ0n) is 12.9. The average Bonchev–Trinajstić information content (AvgIpc) is 2.49. The summed E-state index contributed by atoms with van der Waals surface area (Å²) in [4.78, 5) is 0. The summed E-state index contributed by atoms with van der Waals surface area (Å²) in [5.41, 5.74) is 2.18. The van der Waals surface area contributed by atoms with Crippen LogP contribution >= 0.6 is 0 Å². The van der Waals surface area contributed by atoms with Crippen LogP contribution in [0, 0.1) is 5.92 Å². The van der Waals surface area contributed by atoms with E-state index < -0.39 is 0 Å². The third-order valence-corrected chi connectivity index (χ3v) is 5.98. The van der Waals surface area contributed by atoms with Crippen LogP contribution in [-0.2, 0) is 5.41 Å². The number of hydrogen-bond acceptors (Lipinski definition) is 0. The van der Waals surface area contributed by atoms with Gasteiger partial charge in [-0.1, -0.05) is 81.7 Å². The first-order chi connectivity index (χ1) is 9.92. The molecule has 0 atom stereocenters. The molecule has 0 heterocycles. The molecular weight excluding hydrogens is 240 g/mol. The van der Waals surface area contributed by atoms with Gasteiger partial charge in [0.25, 0.3) is 0 Å². The summed E-state index contributed by atoms with van der Waals surface area (Å²) >= 11 is 0. The van der Waals surface area contributed by atoms with Crippen molar-refractivity contribution in [2.24, 2.45) is 5.92 Å². The molecule has 110 valence electrons. The molecule has 0 aromatic heterocycles. The summed E-state index contributed by atoms with van der Waals surface area (Å²) in [6.07, 6.45) is 17.6. The molecule has 0 bridgehead atoms. The van der Waals surface area contributed by atoms with E-state index in [1.165, 1.54) is 77.0 Å². The maximum atomic E-state index is 2.43. The van der Waals surface area contributed by atoms with Crippen molar-refractivity contribution in [3.8, 4) is 0 Å². The molecule has 1 aromatic carbocycles. The van der Waals surface area contributed by atoms with Gasteiger partial charge in [-0.2, -0.15) is 0 Å². The lowest BCUT2D eigenvalue weighted by molar-refractivity contribution is 0.160. The predicted molar refractivity (Wildman–Crippen MR) is 87.0 cm³/mol. The van der Waals surface area contributed by atoms with E-state index in [1.807, 2.05) is 0 Å². The summed E-state index contributed by atoms with van der Waals surface area (Å²) in [7, 11) is 0. The van der Waals surface area contributed by atoms with E-state index >= 15 is 0 Å². The number of hydrogen-bond donors (Lipinski definition) is 0. The molecule has 0 nitrogen and oxygen atoms in total. The SMILES string of the molecule is c1ccc(C2(C3CCCCC3)CCCCCCC2)cc1. The Morgan fingerprint density at radius 2 is 1.20 bits per heavy atom. The maximum Gasteiger partial charge on any atom is -0.00188 e. The van der Waals surface area contributed by atoms with Crippen LogP contribution in [0.2, 0.25) is 0 Å². The minimum absolute atomic E-state index is 0.516. The Hall–Kier alpha value is -0.780. The lowest BCUT2D eigenvalue weighted by Crippen LogP contribution is -2.37. The predicted octanol–water partition coefficient (Wildman–Crippen LogP) is 6.25. The fourth-order valence-corrected chi connectivity index (χ4v) is 4.89. The van der Waals surface area contributed by atoms with E-state index in [1.54, 1.807) is 5.56 Å². The van der Waals surface area contributed by atoms with Crippen LogP contribution in [0.1, 0.15) is 82.6 Å². The van der Waals surface area contributed by atoms with Crippen molar-refractivity contribution >= 4 is 0 Å². The fraction of sp³-hybridized carbons (Fsp3) is 0.700. The molecule has 0 aliphatic heterocycles. The second-order valence-corrected chi connectivity index (χ2v) is 7.12. The van der Waals surface area contributed by atoms with Gasteiger partial charge in [0.1, 0.15) is 0 Å². The molecule has 1 aromatic rings. The molecule has 20 heavy (non-hydrogen) atoms. The quantitative estimate of drug-likeness (QED) is 0.596. The van der Waals surface area contributed by atoms with Crippen LogP contribution in [0.5, 0.6) is 0 Å². The zero-order valence-corrected chi connectivity index (χ0v) is 12.9. The third-order valence-electron chi connectivity index (χ3n) is 5.98. The van der Waals surface area contributed by atoms with E-state index in [2.05, 4.69) is 30.3 Å². The van der Waals surface area contributed by atoms with Gasteiger partial charge in [-0.05, 0) is 42.6 Å².